The van der Waals surface area contributed by atoms with Gasteiger partial charge in [-0.15, -0.1) is 0 Å². The molecule has 1 aromatic carbocycles. The number of aliphatic hydroxyl groups excluding tert-OH is 2. The Balaban J connectivity index is 3.41. The molecule has 1 unspecified atom stereocenters. The number of phenols is 2. The smallest absolute Gasteiger partial charge is 0.336 e. The molecule has 0 aliphatic carbocycles. The minimum absolute atomic E-state index is 0.369. The molecule has 0 aliphatic rings. The van der Waals surface area contributed by atoms with Crippen LogP contribution in [0.25, 0.3) is 0 Å². The molecule has 5 N–H and O–H groups in total. The molecule has 0 heterocycles. The predicted molar refractivity (Wildman–Crippen MR) is 48.8 cm³/mol. The number of aliphatic hydroxyl groups is 2. The third-order valence-electron chi connectivity index (χ3n) is 1.93. The van der Waals surface area contributed by atoms with E-state index in [1.807, 2.05) is 0 Å². The number of carbonyl (C=O) groups is 1. The summed E-state index contributed by atoms with van der Waals surface area (Å²) in [5, 5.41) is 45.2. The van der Waals surface area contributed by atoms with Gasteiger partial charge in [0.1, 0.15) is 6.10 Å². The zero-order valence-corrected chi connectivity index (χ0v) is 7.58. The molecule has 6 nitrogen and oxygen atoms in total. The van der Waals surface area contributed by atoms with Crippen LogP contribution >= 0.6 is 0 Å². The fourth-order valence-corrected chi connectivity index (χ4v) is 1.21. The van der Waals surface area contributed by atoms with Crippen LogP contribution in [0.15, 0.2) is 12.1 Å². The maximum Gasteiger partial charge on any atom is 0.336 e. The lowest BCUT2D eigenvalue weighted by Crippen LogP contribution is -2.10. The maximum absolute atomic E-state index is 10.7. The van der Waals surface area contributed by atoms with E-state index in [9.17, 15) is 15.0 Å². The molecule has 6 heteroatoms. The molecule has 1 rings (SSSR count). The van der Waals surface area contributed by atoms with Crippen LogP contribution in [0, 0.1) is 0 Å². The maximum atomic E-state index is 10.7. The van der Waals surface area contributed by atoms with E-state index < -0.39 is 35.7 Å². The van der Waals surface area contributed by atoms with Crippen molar-refractivity contribution in [3.05, 3.63) is 23.3 Å². The van der Waals surface area contributed by atoms with Crippen LogP contribution in [-0.4, -0.2) is 38.1 Å². The molecule has 0 fully saturated rings. The predicted octanol–water partition coefficient (Wildman–Crippen LogP) is -0.178. The Kier molecular flexibility index (Phi) is 3.13. The van der Waals surface area contributed by atoms with Crippen LogP contribution in [0.2, 0.25) is 0 Å². The van der Waals surface area contributed by atoms with E-state index in [1.165, 1.54) is 0 Å². The van der Waals surface area contributed by atoms with Crippen molar-refractivity contribution in [3.8, 4) is 11.5 Å². The number of aromatic carboxylic acids is 1. The van der Waals surface area contributed by atoms with Crippen LogP contribution in [0.1, 0.15) is 22.0 Å². The number of rotatable bonds is 3. The van der Waals surface area contributed by atoms with Gasteiger partial charge in [-0.1, -0.05) is 0 Å². The van der Waals surface area contributed by atoms with Crippen molar-refractivity contribution in [2.75, 3.05) is 6.61 Å². The fourth-order valence-electron chi connectivity index (χ4n) is 1.21. The van der Waals surface area contributed by atoms with Gasteiger partial charge in [0.2, 0.25) is 0 Å². The molecule has 0 radical (unpaired) electrons. The summed E-state index contributed by atoms with van der Waals surface area (Å²) in [6, 6.07) is 2.03. The van der Waals surface area contributed by atoms with Crippen molar-refractivity contribution in [1.29, 1.82) is 0 Å². The van der Waals surface area contributed by atoms with Gasteiger partial charge in [-0.05, 0) is 12.1 Å². The van der Waals surface area contributed by atoms with E-state index >= 15 is 0 Å². The first-order valence-corrected chi connectivity index (χ1v) is 4.06. The first-order valence-electron chi connectivity index (χ1n) is 4.06. The molecule has 15 heavy (non-hydrogen) atoms. The molecule has 0 bridgehead atoms. The molecule has 0 amide bonds. The summed E-state index contributed by atoms with van der Waals surface area (Å²) < 4.78 is 0. The molecule has 82 valence electrons. The highest BCUT2D eigenvalue weighted by atomic mass is 16.4. The highest BCUT2D eigenvalue weighted by molar-refractivity contribution is 5.91. The van der Waals surface area contributed by atoms with Crippen molar-refractivity contribution in [2.45, 2.75) is 6.10 Å². The van der Waals surface area contributed by atoms with Crippen LogP contribution in [0.4, 0.5) is 0 Å². The summed E-state index contributed by atoms with van der Waals surface area (Å²) in [5.41, 5.74) is -0.767. The zero-order valence-electron chi connectivity index (χ0n) is 7.58. The van der Waals surface area contributed by atoms with Gasteiger partial charge in [0.15, 0.2) is 11.5 Å². The summed E-state index contributed by atoms with van der Waals surface area (Å²) >= 11 is 0. The van der Waals surface area contributed by atoms with E-state index in [2.05, 4.69) is 0 Å². The third-order valence-corrected chi connectivity index (χ3v) is 1.93. The van der Waals surface area contributed by atoms with Crippen molar-refractivity contribution >= 4 is 5.97 Å². The van der Waals surface area contributed by atoms with E-state index in [0.29, 0.717) is 0 Å². The lowest BCUT2D eigenvalue weighted by atomic mass is 10.0. The quantitative estimate of drug-likeness (QED) is 0.445. The average molecular weight is 214 g/mol. The van der Waals surface area contributed by atoms with Crippen molar-refractivity contribution in [1.82, 2.24) is 0 Å². The van der Waals surface area contributed by atoms with Gasteiger partial charge < -0.3 is 25.5 Å². The standard InChI is InChI=1S/C9H10O6/c10-3-6(12)7-4(9(14)15)1-2-5(11)8(7)13/h1-2,6,10-13H,3H2,(H,14,15). The molecule has 0 spiro atoms. The Morgan fingerprint density at radius 1 is 1.33 bits per heavy atom. The molecule has 0 aromatic heterocycles. The summed E-state index contributed by atoms with van der Waals surface area (Å²) in [5.74, 6) is -2.66. The fraction of sp³-hybridized carbons (Fsp3) is 0.222. The molecule has 0 saturated heterocycles. The third kappa shape index (κ3) is 2.00. The minimum atomic E-state index is -1.55. The first kappa shape index (κ1) is 11.3. The van der Waals surface area contributed by atoms with Crippen LogP contribution in [0.3, 0.4) is 0 Å². The number of aromatic hydroxyl groups is 2. The molecule has 1 atom stereocenters. The number of benzene rings is 1. The summed E-state index contributed by atoms with van der Waals surface area (Å²) in [6.07, 6.45) is -1.55. The Morgan fingerprint density at radius 3 is 2.40 bits per heavy atom. The van der Waals surface area contributed by atoms with Gasteiger partial charge in [-0.3, -0.25) is 0 Å². The Morgan fingerprint density at radius 2 is 1.93 bits per heavy atom. The van der Waals surface area contributed by atoms with Gasteiger partial charge in [-0.2, -0.15) is 0 Å². The van der Waals surface area contributed by atoms with E-state index in [0.717, 1.165) is 12.1 Å². The molecule has 0 aliphatic heterocycles. The SMILES string of the molecule is O=C(O)c1ccc(O)c(O)c1C(O)CO. The van der Waals surface area contributed by atoms with Crippen molar-refractivity contribution < 1.29 is 30.3 Å². The highest BCUT2D eigenvalue weighted by Gasteiger charge is 2.22. The summed E-state index contributed by atoms with van der Waals surface area (Å²) in [4.78, 5) is 10.7. The number of carboxylic acids is 1. The van der Waals surface area contributed by atoms with E-state index in [1.54, 1.807) is 0 Å². The molecule has 1 aromatic rings. The Hall–Kier alpha value is -1.79. The molecular formula is C9H10O6. The zero-order chi connectivity index (χ0) is 11.6. The monoisotopic (exact) mass is 214 g/mol. The van der Waals surface area contributed by atoms with Crippen LogP contribution < -0.4 is 0 Å². The topological polar surface area (TPSA) is 118 Å². The van der Waals surface area contributed by atoms with Crippen molar-refractivity contribution in [2.24, 2.45) is 0 Å². The van der Waals surface area contributed by atoms with Gasteiger partial charge in [0, 0.05) is 5.56 Å². The van der Waals surface area contributed by atoms with Gasteiger partial charge in [0.05, 0.1) is 12.2 Å². The van der Waals surface area contributed by atoms with E-state index in [4.69, 9.17) is 15.3 Å². The van der Waals surface area contributed by atoms with Gasteiger partial charge in [-0.25, -0.2) is 4.79 Å². The second-order valence-corrected chi connectivity index (χ2v) is 2.90. The van der Waals surface area contributed by atoms with E-state index in [-0.39, 0.29) is 5.56 Å². The number of phenolic OH excluding ortho intramolecular Hbond substituents is 2. The lowest BCUT2D eigenvalue weighted by molar-refractivity contribution is 0.0670. The normalized spacial score (nSPS) is 12.4. The van der Waals surface area contributed by atoms with Crippen molar-refractivity contribution in [3.63, 3.8) is 0 Å². The number of hydrogen-bond donors (Lipinski definition) is 5. The highest BCUT2D eigenvalue weighted by Crippen LogP contribution is 2.35. The number of hydrogen-bond acceptors (Lipinski definition) is 5. The minimum Gasteiger partial charge on any atom is -0.504 e. The Bertz CT molecular complexity index is 386. The molecule has 0 saturated carbocycles. The Labute approximate surface area is 84.7 Å². The largest absolute Gasteiger partial charge is 0.504 e. The second kappa shape index (κ2) is 4.16. The van der Waals surface area contributed by atoms with Crippen LogP contribution in [-0.2, 0) is 0 Å². The summed E-state index contributed by atoms with van der Waals surface area (Å²) in [6.45, 7) is -0.753. The van der Waals surface area contributed by atoms with Crippen LogP contribution in [0.5, 0.6) is 11.5 Å². The average Bonchev–Trinajstić information content (AvgIpc) is 2.20. The molecular weight excluding hydrogens is 204 g/mol. The second-order valence-electron chi connectivity index (χ2n) is 2.90. The lowest BCUT2D eigenvalue weighted by Gasteiger charge is -2.13. The summed E-state index contributed by atoms with van der Waals surface area (Å²) in [7, 11) is 0. The van der Waals surface area contributed by atoms with Gasteiger partial charge in [0.25, 0.3) is 0 Å². The number of carboxylic acid groups (broad SMARTS) is 1. The first-order chi connectivity index (χ1) is 6.99. The van der Waals surface area contributed by atoms with Gasteiger partial charge >= 0.3 is 5.97 Å².